The van der Waals surface area contributed by atoms with Crippen molar-refractivity contribution < 1.29 is 8.78 Å². The second-order valence-corrected chi connectivity index (χ2v) is 3.54. The van der Waals surface area contributed by atoms with Crippen LogP contribution in [0.3, 0.4) is 0 Å². The summed E-state index contributed by atoms with van der Waals surface area (Å²) in [5.74, 6) is 0. The van der Waals surface area contributed by atoms with Gasteiger partial charge in [0.05, 0.1) is 12.2 Å². The number of aromatic nitrogens is 3. The molecule has 0 amide bonds. The number of hydrogen-bond donors (Lipinski definition) is 1. The number of nitrogens with zero attached hydrogens (tertiary/aromatic N) is 3. The minimum Gasteiger partial charge on any atom is -0.327 e. The SMILES string of the molecule is C=C/C=C(\C=C)n1cnn(CC(CN)=C(F)F)c1=O. The van der Waals surface area contributed by atoms with Gasteiger partial charge in [-0.25, -0.2) is 14.0 Å². The Bertz CT molecular complexity index is 591. The lowest BCUT2D eigenvalue weighted by Gasteiger charge is -2.02. The zero-order chi connectivity index (χ0) is 14.4. The van der Waals surface area contributed by atoms with Crippen LogP contribution in [-0.2, 0) is 6.54 Å². The van der Waals surface area contributed by atoms with Gasteiger partial charge in [0.25, 0.3) is 6.08 Å². The minimum absolute atomic E-state index is 0.333. The number of allylic oxidation sites excluding steroid dienone is 4. The predicted octanol–water partition coefficient (Wildman–Crippen LogP) is 1.37. The van der Waals surface area contributed by atoms with Crippen LogP contribution in [0.5, 0.6) is 0 Å². The summed E-state index contributed by atoms with van der Waals surface area (Å²) in [4.78, 5) is 12.0. The average molecular weight is 268 g/mol. The Morgan fingerprint density at radius 2 is 2.16 bits per heavy atom. The van der Waals surface area contributed by atoms with Gasteiger partial charge in [0.15, 0.2) is 0 Å². The molecule has 0 saturated heterocycles. The summed E-state index contributed by atoms with van der Waals surface area (Å²) in [6.45, 7) is 6.38. The molecule has 5 nitrogen and oxygen atoms in total. The van der Waals surface area contributed by atoms with Gasteiger partial charge >= 0.3 is 5.69 Å². The topological polar surface area (TPSA) is 65.8 Å². The van der Waals surface area contributed by atoms with E-state index < -0.39 is 11.8 Å². The van der Waals surface area contributed by atoms with Crippen LogP contribution in [0.1, 0.15) is 0 Å². The van der Waals surface area contributed by atoms with E-state index >= 15 is 0 Å². The van der Waals surface area contributed by atoms with Crippen molar-refractivity contribution in [1.82, 2.24) is 14.3 Å². The van der Waals surface area contributed by atoms with Crippen LogP contribution >= 0.6 is 0 Å². The molecule has 0 aliphatic carbocycles. The van der Waals surface area contributed by atoms with Gasteiger partial charge in [0.1, 0.15) is 6.33 Å². The van der Waals surface area contributed by atoms with Gasteiger partial charge < -0.3 is 5.73 Å². The molecule has 0 radical (unpaired) electrons. The fraction of sp³-hybridized carbons (Fsp3) is 0.167. The van der Waals surface area contributed by atoms with E-state index in [0.717, 1.165) is 4.68 Å². The third-order valence-corrected chi connectivity index (χ3v) is 2.36. The summed E-state index contributed by atoms with van der Waals surface area (Å²) in [5, 5.41) is 3.76. The maximum Gasteiger partial charge on any atom is 0.350 e. The van der Waals surface area contributed by atoms with Crippen LogP contribution in [-0.4, -0.2) is 20.9 Å². The summed E-state index contributed by atoms with van der Waals surface area (Å²) in [7, 11) is 0. The van der Waals surface area contributed by atoms with E-state index in [0.29, 0.717) is 5.70 Å². The molecule has 1 aromatic rings. The normalized spacial score (nSPS) is 11.2. The second-order valence-electron chi connectivity index (χ2n) is 3.54. The number of rotatable bonds is 6. The van der Waals surface area contributed by atoms with E-state index in [1.807, 2.05) is 0 Å². The molecule has 0 aliphatic heterocycles. The number of nitrogens with two attached hydrogens (primary N) is 1. The van der Waals surface area contributed by atoms with E-state index in [1.54, 1.807) is 6.08 Å². The summed E-state index contributed by atoms with van der Waals surface area (Å²) < 4.78 is 27.0. The fourth-order valence-electron chi connectivity index (χ4n) is 1.37. The molecule has 7 heteroatoms. The lowest BCUT2D eigenvalue weighted by Crippen LogP contribution is -2.26. The van der Waals surface area contributed by atoms with Crippen LogP contribution in [0.2, 0.25) is 0 Å². The molecule has 0 unspecified atom stereocenters. The molecule has 1 rings (SSSR count). The van der Waals surface area contributed by atoms with Crippen molar-refractivity contribution in [1.29, 1.82) is 0 Å². The van der Waals surface area contributed by atoms with E-state index in [-0.39, 0.29) is 18.7 Å². The van der Waals surface area contributed by atoms with Crippen LogP contribution < -0.4 is 11.4 Å². The van der Waals surface area contributed by atoms with Crippen molar-refractivity contribution in [2.24, 2.45) is 5.73 Å². The number of hydrogen-bond acceptors (Lipinski definition) is 3. The summed E-state index contributed by atoms with van der Waals surface area (Å²) >= 11 is 0. The molecule has 0 spiro atoms. The van der Waals surface area contributed by atoms with Crippen molar-refractivity contribution in [2.45, 2.75) is 6.54 Å². The van der Waals surface area contributed by atoms with Crippen molar-refractivity contribution in [3.05, 3.63) is 59.9 Å². The molecule has 1 heterocycles. The van der Waals surface area contributed by atoms with Crippen molar-refractivity contribution in [3.63, 3.8) is 0 Å². The zero-order valence-corrected chi connectivity index (χ0v) is 10.2. The van der Waals surface area contributed by atoms with Crippen LogP contribution in [0.25, 0.3) is 5.70 Å². The second kappa shape index (κ2) is 6.60. The molecule has 1 aromatic heterocycles. The lowest BCUT2D eigenvalue weighted by atomic mass is 10.3. The molecule has 2 N–H and O–H groups in total. The van der Waals surface area contributed by atoms with Crippen molar-refractivity contribution in [3.8, 4) is 0 Å². The molecule has 0 atom stereocenters. The Kier molecular flexibility index (Phi) is 5.13. The first-order valence-electron chi connectivity index (χ1n) is 5.38. The summed E-state index contributed by atoms with van der Waals surface area (Å²) in [6.07, 6.45) is 3.80. The summed E-state index contributed by atoms with van der Waals surface area (Å²) in [5.41, 5.74) is 4.74. The Morgan fingerprint density at radius 3 is 2.63 bits per heavy atom. The van der Waals surface area contributed by atoms with E-state index in [9.17, 15) is 13.6 Å². The molecule has 0 bridgehead atoms. The summed E-state index contributed by atoms with van der Waals surface area (Å²) in [6, 6.07) is 0. The predicted molar refractivity (Wildman–Crippen MR) is 69.5 cm³/mol. The quantitative estimate of drug-likeness (QED) is 0.792. The van der Waals surface area contributed by atoms with E-state index in [1.165, 1.54) is 23.0 Å². The van der Waals surface area contributed by atoms with Gasteiger partial charge in [-0.05, 0) is 12.2 Å². The maximum absolute atomic E-state index is 12.5. The molecular weight excluding hydrogens is 254 g/mol. The maximum atomic E-state index is 12.5. The first-order chi connectivity index (χ1) is 9.04. The molecule has 0 aromatic carbocycles. The Balaban J connectivity index is 3.16. The zero-order valence-electron chi connectivity index (χ0n) is 10.2. The average Bonchev–Trinajstić information content (AvgIpc) is 2.74. The van der Waals surface area contributed by atoms with Crippen molar-refractivity contribution >= 4 is 5.70 Å². The highest BCUT2D eigenvalue weighted by Gasteiger charge is 2.11. The molecule has 19 heavy (non-hydrogen) atoms. The molecule has 102 valence electrons. The fourth-order valence-corrected chi connectivity index (χ4v) is 1.37. The molecule has 0 saturated carbocycles. The van der Waals surface area contributed by atoms with Gasteiger partial charge in [-0.2, -0.15) is 13.9 Å². The highest BCUT2D eigenvalue weighted by Crippen LogP contribution is 2.08. The Hall–Kier alpha value is -2.28. The smallest absolute Gasteiger partial charge is 0.327 e. The minimum atomic E-state index is -1.89. The monoisotopic (exact) mass is 268 g/mol. The third kappa shape index (κ3) is 3.35. The van der Waals surface area contributed by atoms with Gasteiger partial charge in [-0.15, -0.1) is 0 Å². The highest BCUT2D eigenvalue weighted by atomic mass is 19.3. The van der Waals surface area contributed by atoms with Gasteiger partial charge in [0.2, 0.25) is 0 Å². The lowest BCUT2D eigenvalue weighted by molar-refractivity contribution is 0.400. The highest BCUT2D eigenvalue weighted by molar-refractivity contribution is 5.57. The van der Waals surface area contributed by atoms with Gasteiger partial charge in [0, 0.05) is 12.1 Å². The van der Waals surface area contributed by atoms with E-state index in [2.05, 4.69) is 18.3 Å². The number of halogens is 2. The molecule has 0 aliphatic rings. The van der Waals surface area contributed by atoms with Crippen LogP contribution in [0, 0.1) is 0 Å². The standard InChI is InChI=1S/C12H14F2N4O/c1-3-5-10(4-2)17-8-16-18(12(17)19)7-9(6-15)11(13)14/h3-5,8H,1-2,6-7,15H2/b10-5+. The first-order valence-corrected chi connectivity index (χ1v) is 5.38. The first kappa shape index (κ1) is 14.8. The molecular formula is C12H14F2N4O. The van der Waals surface area contributed by atoms with Crippen molar-refractivity contribution in [2.75, 3.05) is 6.54 Å². The van der Waals surface area contributed by atoms with Gasteiger partial charge in [-0.1, -0.05) is 19.2 Å². The van der Waals surface area contributed by atoms with Gasteiger partial charge in [-0.3, -0.25) is 0 Å². The Labute approximate surface area is 108 Å². The third-order valence-electron chi connectivity index (χ3n) is 2.36. The largest absolute Gasteiger partial charge is 0.350 e. The molecule has 0 fully saturated rings. The van der Waals surface area contributed by atoms with Crippen LogP contribution in [0.4, 0.5) is 8.78 Å². The van der Waals surface area contributed by atoms with Crippen LogP contribution in [0.15, 0.2) is 54.2 Å². The Morgan fingerprint density at radius 1 is 1.47 bits per heavy atom. The van der Waals surface area contributed by atoms with E-state index in [4.69, 9.17) is 5.73 Å².